The van der Waals surface area contributed by atoms with E-state index in [0.29, 0.717) is 0 Å². The molecule has 0 aromatic carbocycles. The van der Waals surface area contributed by atoms with Crippen LogP contribution in [0.3, 0.4) is 0 Å². The van der Waals surface area contributed by atoms with Gasteiger partial charge in [0.1, 0.15) is 0 Å². The molecular formula is C20H25N. The summed E-state index contributed by atoms with van der Waals surface area (Å²) < 4.78 is 0. The van der Waals surface area contributed by atoms with Crippen molar-refractivity contribution >= 4 is 5.71 Å². The third kappa shape index (κ3) is 7.68. The van der Waals surface area contributed by atoms with Crippen LogP contribution in [0.25, 0.3) is 0 Å². The van der Waals surface area contributed by atoms with Gasteiger partial charge < -0.3 is 0 Å². The highest BCUT2D eigenvalue weighted by atomic mass is 14.7. The lowest BCUT2D eigenvalue weighted by atomic mass is 10.1. The molecule has 0 heterocycles. The average Bonchev–Trinajstić information content (AvgIpc) is 2.48. The first-order valence-electron chi connectivity index (χ1n) is 6.92. The SMILES string of the molecule is C=C/C=C\C(=C/C=C)C(=C)\C=C/N=C(C)\C(\C=C/C)=C\C. The molecule has 0 aromatic heterocycles. The van der Waals surface area contributed by atoms with Gasteiger partial charge in [0, 0.05) is 11.9 Å². The van der Waals surface area contributed by atoms with Crippen LogP contribution in [0.15, 0.2) is 102 Å². The van der Waals surface area contributed by atoms with Crippen LogP contribution in [0, 0.1) is 0 Å². The fourth-order valence-electron chi connectivity index (χ4n) is 1.58. The van der Waals surface area contributed by atoms with Gasteiger partial charge in [-0.3, -0.25) is 4.99 Å². The van der Waals surface area contributed by atoms with Gasteiger partial charge in [-0.2, -0.15) is 0 Å². The van der Waals surface area contributed by atoms with Crippen LogP contribution in [0.1, 0.15) is 20.8 Å². The Balaban J connectivity index is 5.06. The summed E-state index contributed by atoms with van der Waals surface area (Å²) >= 11 is 0. The van der Waals surface area contributed by atoms with Gasteiger partial charge in [0.2, 0.25) is 0 Å². The summed E-state index contributed by atoms with van der Waals surface area (Å²) in [5, 5.41) is 0. The zero-order chi connectivity index (χ0) is 16.1. The molecule has 0 atom stereocenters. The summed E-state index contributed by atoms with van der Waals surface area (Å²) in [6.45, 7) is 17.4. The lowest BCUT2D eigenvalue weighted by Crippen LogP contribution is -1.93. The van der Waals surface area contributed by atoms with Gasteiger partial charge in [-0.25, -0.2) is 0 Å². The molecule has 0 saturated heterocycles. The van der Waals surface area contributed by atoms with E-state index in [2.05, 4.69) is 24.7 Å². The van der Waals surface area contributed by atoms with E-state index in [1.54, 1.807) is 18.4 Å². The normalized spacial score (nSPS) is 14.3. The molecule has 0 aliphatic heterocycles. The van der Waals surface area contributed by atoms with E-state index in [4.69, 9.17) is 0 Å². The monoisotopic (exact) mass is 279 g/mol. The molecule has 0 spiro atoms. The summed E-state index contributed by atoms with van der Waals surface area (Å²) in [5.74, 6) is 0. The van der Waals surface area contributed by atoms with Crippen LogP contribution < -0.4 is 0 Å². The van der Waals surface area contributed by atoms with Gasteiger partial charge >= 0.3 is 0 Å². The zero-order valence-corrected chi connectivity index (χ0v) is 13.3. The maximum absolute atomic E-state index is 4.44. The number of rotatable bonds is 8. The molecule has 1 nitrogen and oxygen atoms in total. The van der Waals surface area contributed by atoms with Crippen molar-refractivity contribution in [3.8, 4) is 0 Å². The molecule has 0 bridgehead atoms. The molecule has 0 N–H and O–H groups in total. The van der Waals surface area contributed by atoms with Crippen molar-refractivity contribution in [2.45, 2.75) is 20.8 Å². The first-order chi connectivity index (χ1) is 10.1. The number of allylic oxidation sites excluding steroid dienone is 12. The van der Waals surface area contributed by atoms with Crippen molar-refractivity contribution in [1.82, 2.24) is 0 Å². The Morgan fingerprint density at radius 1 is 0.952 bits per heavy atom. The maximum Gasteiger partial charge on any atom is 0.0441 e. The second kappa shape index (κ2) is 11.4. The second-order valence-corrected chi connectivity index (χ2v) is 4.25. The fraction of sp³-hybridized carbons (Fsp3) is 0.150. The molecule has 0 fully saturated rings. The molecule has 0 radical (unpaired) electrons. The maximum atomic E-state index is 4.44. The third-order valence-electron chi connectivity index (χ3n) is 2.70. The first kappa shape index (κ1) is 18.6. The van der Waals surface area contributed by atoms with Gasteiger partial charge in [-0.05, 0) is 43.6 Å². The Bertz CT molecular complexity index is 546. The van der Waals surface area contributed by atoms with E-state index in [9.17, 15) is 0 Å². The minimum Gasteiger partial charge on any atom is -0.261 e. The first-order valence-corrected chi connectivity index (χ1v) is 6.92. The van der Waals surface area contributed by atoms with Crippen molar-refractivity contribution in [2.24, 2.45) is 4.99 Å². The molecule has 21 heavy (non-hydrogen) atoms. The average molecular weight is 279 g/mol. The highest BCUT2D eigenvalue weighted by Gasteiger charge is 1.95. The number of aliphatic imine (C=N–C) groups is 1. The van der Waals surface area contributed by atoms with Crippen molar-refractivity contribution in [1.29, 1.82) is 0 Å². The minimum absolute atomic E-state index is 0.873. The van der Waals surface area contributed by atoms with Gasteiger partial charge in [-0.1, -0.05) is 68.3 Å². The van der Waals surface area contributed by atoms with E-state index in [1.165, 1.54) is 0 Å². The molecule has 0 aromatic rings. The second-order valence-electron chi connectivity index (χ2n) is 4.25. The minimum atomic E-state index is 0.873. The largest absolute Gasteiger partial charge is 0.261 e. The van der Waals surface area contributed by atoms with Gasteiger partial charge in [0.25, 0.3) is 0 Å². The third-order valence-corrected chi connectivity index (χ3v) is 2.70. The highest BCUT2D eigenvalue weighted by molar-refractivity contribution is 6.00. The lowest BCUT2D eigenvalue weighted by molar-refractivity contribution is 1.46. The Morgan fingerprint density at radius 3 is 2.19 bits per heavy atom. The molecule has 0 saturated carbocycles. The smallest absolute Gasteiger partial charge is 0.0441 e. The number of hydrogen-bond acceptors (Lipinski definition) is 1. The predicted molar refractivity (Wildman–Crippen MR) is 97.6 cm³/mol. The highest BCUT2D eigenvalue weighted by Crippen LogP contribution is 2.12. The summed E-state index contributed by atoms with van der Waals surface area (Å²) in [7, 11) is 0. The van der Waals surface area contributed by atoms with Crippen LogP contribution in [-0.2, 0) is 0 Å². The predicted octanol–water partition coefficient (Wildman–Crippen LogP) is 5.89. The fourth-order valence-corrected chi connectivity index (χ4v) is 1.58. The Hall–Kier alpha value is -2.41. The van der Waals surface area contributed by atoms with Gasteiger partial charge in [-0.15, -0.1) is 0 Å². The lowest BCUT2D eigenvalue weighted by Gasteiger charge is -2.01. The number of nitrogens with zero attached hydrogens (tertiary/aromatic N) is 1. The van der Waals surface area contributed by atoms with Crippen molar-refractivity contribution in [3.63, 3.8) is 0 Å². The molecule has 0 aliphatic rings. The van der Waals surface area contributed by atoms with Crippen LogP contribution in [0.5, 0.6) is 0 Å². The van der Waals surface area contributed by atoms with Crippen molar-refractivity contribution in [3.05, 3.63) is 97.3 Å². The van der Waals surface area contributed by atoms with Gasteiger partial charge in [0.15, 0.2) is 0 Å². The summed E-state index contributed by atoms with van der Waals surface area (Å²) in [5.41, 5.74) is 3.93. The molecule has 0 rings (SSSR count). The van der Waals surface area contributed by atoms with Gasteiger partial charge in [0.05, 0.1) is 0 Å². The van der Waals surface area contributed by atoms with Crippen LogP contribution in [0.2, 0.25) is 0 Å². The summed E-state index contributed by atoms with van der Waals surface area (Å²) in [6, 6.07) is 0. The van der Waals surface area contributed by atoms with Crippen LogP contribution in [-0.4, -0.2) is 5.71 Å². The van der Waals surface area contributed by atoms with Crippen molar-refractivity contribution < 1.29 is 0 Å². The quantitative estimate of drug-likeness (QED) is 0.388. The van der Waals surface area contributed by atoms with E-state index in [-0.39, 0.29) is 0 Å². The standard InChI is InChI=1S/C20H25N/c1-7-11-14-20(13-9-3)17(5)15-16-21-18(6)19(10-4)12-8-2/h7-16H,1,3,5H2,2,4,6H3/b12-8-,14-11-,16-15-,19-10+,20-13+,21-18-. The summed E-state index contributed by atoms with van der Waals surface area (Å²) in [4.78, 5) is 4.44. The van der Waals surface area contributed by atoms with E-state index in [0.717, 1.165) is 22.4 Å². The number of hydrogen-bond donors (Lipinski definition) is 0. The topological polar surface area (TPSA) is 12.4 Å². The Labute approximate surface area is 129 Å². The van der Waals surface area contributed by atoms with E-state index < -0.39 is 0 Å². The molecule has 110 valence electrons. The molecule has 0 aliphatic carbocycles. The van der Waals surface area contributed by atoms with Crippen LogP contribution >= 0.6 is 0 Å². The Kier molecular flexibility index (Phi) is 10.1. The Morgan fingerprint density at radius 2 is 1.67 bits per heavy atom. The summed E-state index contributed by atoms with van der Waals surface area (Å²) in [6.07, 6.45) is 18.9. The molecule has 0 amide bonds. The van der Waals surface area contributed by atoms with Crippen LogP contribution in [0.4, 0.5) is 0 Å². The molecule has 0 unspecified atom stereocenters. The zero-order valence-electron chi connectivity index (χ0n) is 13.3. The van der Waals surface area contributed by atoms with Crippen molar-refractivity contribution in [2.75, 3.05) is 0 Å². The molecular weight excluding hydrogens is 254 g/mol. The molecule has 1 heteroatoms. The van der Waals surface area contributed by atoms with E-state index >= 15 is 0 Å². The van der Waals surface area contributed by atoms with E-state index in [1.807, 2.05) is 63.3 Å².